The Kier molecular flexibility index (Phi) is 5.99. The summed E-state index contributed by atoms with van der Waals surface area (Å²) in [5.74, 6) is 6.13. The zero-order chi connectivity index (χ0) is 21.8. The molecule has 0 bridgehead atoms. The molecule has 0 fully saturated rings. The van der Waals surface area contributed by atoms with Crippen molar-refractivity contribution in [1.82, 2.24) is 20.2 Å². The number of fused-ring (bicyclic) bond motifs is 1. The predicted molar refractivity (Wildman–Crippen MR) is 116 cm³/mol. The van der Waals surface area contributed by atoms with Gasteiger partial charge in [-0.3, -0.25) is 19.7 Å². The summed E-state index contributed by atoms with van der Waals surface area (Å²) in [6.45, 7) is 0. The number of thioether (sulfide) groups is 1. The van der Waals surface area contributed by atoms with Crippen molar-refractivity contribution in [2.75, 3.05) is 16.9 Å². The molecule has 1 aromatic heterocycles. The van der Waals surface area contributed by atoms with Crippen LogP contribution in [0.2, 0.25) is 0 Å². The Morgan fingerprint density at radius 3 is 2.61 bits per heavy atom. The van der Waals surface area contributed by atoms with E-state index in [1.165, 1.54) is 34.1 Å². The van der Waals surface area contributed by atoms with Gasteiger partial charge in [-0.2, -0.15) is 0 Å². The molecule has 3 amide bonds. The number of aryl methyl sites for hydroxylation is 2. The maximum Gasteiger partial charge on any atom is 0.259 e. The molecule has 0 saturated heterocycles. The third kappa shape index (κ3) is 4.75. The zero-order valence-corrected chi connectivity index (χ0v) is 17.3. The van der Waals surface area contributed by atoms with Crippen LogP contribution >= 0.6 is 11.8 Å². The van der Waals surface area contributed by atoms with E-state index in [1.807, 2.05) is 18.2 Å². The van der Waals surface area contributed by atoms with Crippen LogP contribution in [0.3, 0.4) is 0 Å². The maximum absolute atomic E-state index is 12.2. The van der Waals surface area contributed by atoms with Crippen LogP contribution in [0.15, 0.2) is 53.7 Å². The summed E-state index contributed by atoms with van der Waals surface area (Å²) in [6, 6.07) is 14.7. The Balaban J connectivity index is 1.26. The van der Waals surface area contributed by atoms with Gasteiger partial charge in [-0.25, -0.2) is 4.68 Å². The molecule has 0 aliphatic carbocycles. The number of nitrogens with one attached hydrogen (secondary N) is 2. The molecule has 9 nitrogen and oxygen atoms in total. The lowest BCUT2D eigenvalue weighted by Gasteiger charge is -2.06. The fraction of sp³-hybridized carbons (Fsp3) is 0.190. The number of aromatic nitrogens is 3. The number of hydrogen-bond donors (Lipinski definition) is 3. The van der Waals surface area contributed by atoms with Gasteiger partial charge in [-0.05, 0) is 30.2 Å². The number of anilines is 1. The molecule has 1 aliphatic heterocycles. The number of nitrogen functional groups attached to an aromatic ring is 1. The lowest BCUT2D eigenvalue weighted by Crippen LogP contribution is -2.19. The smallest absolute Gasteiger partial charge is 0.259 e. The van der Waals surface area contributed by atoms with E-state index >= 15 is 0 Å². The van der Waals surface area contributed by atoms with E-state index in [0.29, 0.717) is 34.4 Å². The van der Waals surface area contributed by atoms with Crippen LogP contribution in [0.25, 0.3) is 0 Å². The van der Waals surface area contributed by atoms with Crippen molar-refractivity contribution in [3.63, 3.8) is 0 Å². The first-order valence-electron chi connectivity index (χ1n) is 9.67. The van der Waals surface area contributed by atoms with Gasteiger partial charge >= 0.3 is 0 Å². The molecule has 3 aromatic rings. The number of rotatable bonds is 8. The van der Waals surface area contributed by atoms with Crippen molar-refractivity contribution in [3.05, 3.63) is 71.0 Å². The number of imide groups is 1. The summed E-state index contributed by atoms with van der Waals surface area (Å²) < 4.78 is 1.46. The normalized spacial score (nSPS) is 12.5. The predicted octanol–water partition coefficient (Wildman–Crippen LogP) is 1.78. The third-order valence-corrected chi connectivity index (χ3v) is 5.74. The number of carbonyl (C=O) groups excluding carboxylic acids is 3. The van der Waals surface area contributed by atoms with Crippen molar-refractivity contribution in [2.24, 2.45) is 0 Å². The second-order valence-corrected chi connectivity index (χ2v) is 8.01. The number of benzene rings is 2. The average molecular weight is 436 g/mol. The van der Waals surface area contributed by atoms with Crippen LogP contribution < -0.4 is 16.5 Å². The number of nitrogens with zero attached hydrogens (tertiary/aromatic N) is 3. The number of nitrogens with two attached hydrogens (primary N) is 1. The number of amides is 3. The Labute approximate surface area is 182 Å². The number of hydrogen-bond acceptors (Lipinski definition) is 7. The van der Waals surface area contributed by atoms with Crippen molar-refractivity contribution >= 4 is 35.2 Å². The first-order valence-corrected chi connectivity index (χ1v) is 10.7. The zero-order valence-electron chi connectivity index (χ0n) is 16.5. The molecule has 0 radical (unpaired) electrons. The van der Waals surface area contributed by atoms with E-state index in [0.717, 1.165) is 6.42 Å². The van der Waals surface area contributed by atoms with E-state index in [9.17, 15) is 14.4 Å². The molecule has 0 spiro atoms. The monoisotopic (exact) mass is 436 g/mol. The van der Waals surface area contributed by atoms with E-state index < -0.39 is 11.8 Å². The topological polar surface area (TPSA) is 132 Å². The highest BCUT2D eigenvalue weighted by Gasteiger charge is 2.26. The third-order valence-electron chi connectivity index (χ3n) is 4.80. The van der Waals surface area contributed by atoms with Crippen LogP contribution in [-0.4, -0.2) is 38.3 Å². The first-order chi connectivity index (χ1) is 15.0. The van der Waals surface area contributed by atoms with Gasteiger partial charge < -0.3 is 11.2 Å². The molecule has 10 heteroatoms. The van der Waals surface area contributed by atoms with Crippen LogP contribution in [-0.2, 0) is 17.6 Å². The van der Waals surface area contributed by atoms with Gasteiger partial charge in [0.05, 0.1) is 11.1 Å². The lowest BCUT2D eigenvalue weighted by molar-refractivity contribution is -0.115. The molecule has 0 atom stereocenters. The van der Waals surface area contributed by atoms with Crippen LogP contribution in [0.1, 0.15) is 38.5 Å². The van der Waals surface area contributed by atoms with Gasteiger partial charge in [0, 0.05) is 24.3 Å². The van der Waals surface area contributed by atoms with Crippen LogP contribution in [0, 0.1) is 0 Å². The summed E-state index contributed by atoms with van der Waals surface area (Å²) in [5, 5.41) is 13.7. The molecule has 158 valence electrons. The Bertz CT molecular complexity index is 1150. The SMILES string of the molecule is Nn1c(CCc2ccccc2)nnc1SCCC(=O)Nc1ccc2c(c1)C(=O)NC2=O. The van der Waals surface area contributed by atoms with Gasteiger partial charge in [0.2, 0.25) is 11.1 Å². The fourth-order valence-corrected chi connectivity index (χ4v) is 3.99. The van der Waals surface area contributed by atoms with Crippen molar-refractivity contribution in [3.8, 4) is 0 Å². The molecular weight excluding hydrogens is 416 g/mol. The van der Waals surface area contributed by atoms with Crippen LogP contribution in [0.4, 0.5) is 5.69 Å². The van der Waals surface area contributed by atoms with E-state index in [-0.39, 0.29) is 17.9 Å². The van der Waals surface area contributed by atoms with E-state index in [2.05, 4.69) is 33.0 Å². The highest BCUT2D eigenvalue weighted by atomic mass is 32.2. The summed E-state index contributed by atoms with van der Waals surface area (Å²) in [4.78, 5) is 35.5. The summed E-state index contributed by atoms with van der Waals surface area (Å²) >= 11 is 1.34. The Hall–Kier alpha value is -3.66. The van der Waals surface area contributed by atoms with Crippen LogP contribution in [0.5, 0.6) is 0 Å². The second kappa shape index (κ2) is 9.00. The molecule has 1 aliphatic rings. The standard InChI is InChI=1S/C21H20N6O3S/c22-27-17(9-6-13-4-2-1-3-5-13)25-26-21(27)31-11-10-18(28)23-14-7-8-15-16(12-14)20(30)24-19(15)29/h1-5,7-8,12H,6,9-11,22H2,(H,23,28)(H,24,29,30). The van der Waals surface area contributed by atoms with Gasteiger partial charge in [0.1, 0.15) is 0 Å². The average Bonchev–Trinajstić information content (AvgIpc) is 3.26. The Morgan fingerprint density at radius 2 is 1.81 bits per heavy atom. The first kappa shape index (κ1) is 20.6. The molecule has 0 unspecified atom stereocenters. The fourth-order valence-electron chi connectivity index (χ4n) is 3.18. The maximum atomic E-state index is 12.2. The summed E-state index contributed by atoms with van der Waals surface area (Å²) in [5.41, 5.74) is 2.23. The molecule has 4 rings (SSSR count). The number of carbonyl (C=O) groups is 3. The summed E-state index contributed by atoms with van der Waals surface area (Å²) in [6.07, 6.45) is 1.70. The van der Waals surface area contributed by atoms with Gasteiger partial charge in [-0.15, -0.1) is 10.2 Å². The summed E-state index contributed by atoms with van der Waals surface area (Å²) in [7, 11) is 0. The molecule has 2 aromatic carbocycles. The minimum Gasteiger partial charge on any atom is -0.336 e. The second-order valence-electron chi connectivity index (χ2n) is 6.94. The van der Waals surface area contributed by atoms with E-state index in [4.69, 9.17) is 5.84 Å². The van der Waals surface area contributed by atoms with Gasteiger partial charge in [-0.1, -0.05) is 42.1 Å². The molecular formula is C21H20N6O3S. The van der Waals surface area contributed by atoms with Gasteiger partial charge in [0.15, 0.2) is 5.82 Å². The quantitative estimate of drug-likeness (QED) is 0.279. The Morgan fingerprint density at radius 1 is 1.03 bits per heavy atom. The highest BCUT2D eigenvalue weighted by molar-refractivity contribution is 7.99. The largest absolute Gasteiger partial charge is 0.336 e. The molecule has 2 heterocycles. The van der Waals surface area contributed by atoms with Gasteiger partial charge in [0.25, 0.3) is 11.8 Å². The van der Waals surface area contributed by atoms with E-state index in [1.54, 1.807) is 6.07 Å². The molecule has 0 saturated carbocycles. The van der Waals surface area contributed by atoms with Crippen molar-refractivity contribution < 1.29 is 14.4 Å². The molecule has 4 N–H and O–H groups in total. The lowest BCUT2D eigenvalue weighted by atomic mass is 10.1. The van der Waals surface area contributed by atoms with Crippen molar-refractivity contribution in [1.29, 1.82) is 0 Å². The van der Waals surface area contributed by atoms with Crippen molar-refractivity contribution in [2.45, 2.75) is 24.4 Å². The highest BCUT2D eigenvalue weighted by Crippen LogP contribution is 2.21. The minimum absolute atomic E-state index is 0.218. The minimum atomic E-state index is -0.461. The molecule has 31 heavy (non-hydrogen) atoms.